The molecule has 5 heteroatoms. The summed E-state index contributed by atoms with van der Waals surface area (Å²) in [7, 11) is 1.71. The number of hydrogen-bond acceptors (Lipinski definition) is 3. The van der Waals surface area contributed by atoms with Crippen LogP contribution in [0.3, 0.4) is 0 Å². The third-order valence-corrected chi connectivity index (χ3v) is 6.15. The second kappa shape index (κ2) is 7.03. The Bertz CT molecular complexity index is 576. The van der Waals surface area contributed by atoms with Crippen LogP contribution >= 0.6 is 12.4 Å². The molecule has 3 atom stereocenters. The van der Waals surface area contributed by atoms with Gasteiger partial charge >= 0.3 is 0 Å². The lowest BCUT2D eigenvalue weighted by Crippen LogP contribution is -2.51. The van der Waals surface area contributed by atoms with Gasteiger partial charge in [0.25, 0.3) is 0 Å². The number of carbonyl (C=O) groups excluding carboxylic acids is 1. The molecule has 0 spiro atoms. The Labute approximate surface area is 150 Å². The van der Waals surface area contributed by atoms with E-state index >= 15 is 0 Å². The molecule has 3 fully saturated rings. The topological polar surface area (TPSA) is 41.6 Å². The molecule has 4 nitrogen and oxygen atoms in total. The number of nitrogens with zero attached hydrogens (tertiary/aromatic N) is 1. The quantitative estimate of drug-likeness (QED) is 0.907. The van der Waals surface area contributed by atoms with Gasteiger partial charge in [-0.05, 0) is 24.3 Å². The summed E-state index contributed by atoms with van der Waals surface area (Å²) in [6, 6.07) is 10.8. The summed E-state index contributed by atoms with van der Waals surface area (Å²) in [5, 5.41) is 3.51. The van der Waals surface area contributed by atoms with Crippen molar-refractivity contribution < 1.29 is 9.53 Å². The van der Waals surface area contributed by atoms with E-state index in [1.54, 1.807) is 7.11 Å². The van der Waals surface area contributed by atoms with Gasteiger partial charge in [-0.25, -0.2) is 0 Å². The number of nitrogens with one attached hydrogen (secondary N) is 1. The number of halogens is 1. The predicted molar refractivity (Wildman–Crippen MR) is 96.2 cm³/mol. The van der Waals surface area contributed by atoms with Crippen molar-refractivity contribution in [2.75, 3.05) is 33.4 Å². The van der Waals surface area contributed by atoms with E-state index in [1.165, 1.54) is 5.56 Å². The molecular weight excluding hydrogens is 324 g/mol. The Morgan fingerprint density at radius 3 is 2.67 bits per heavy atom. The predicted octanol–water partition coefficient (Wildman–Crippen LogP) is 2.64. The van der Waals surface area contributed by atoms with Gasteiger partial charge in [0.15, 0.2) is 0 Å². The summed E-state index contributed by atoms with van der Waals surface area (Å²) < 4.78 is 5.40. The second-order valence-corrected chi connectivity index (χ2v) is 7.46. The minimum absolute atomic E-state index is 0. The average Bonchev–Trinajstić information content (AvgIpc) is 3.11. The fraction of sp³-hybridized carbons (Fsp3) is 0.632. The van der Waals surface area contributed by atoms with Gasteiger partial charge < -0.3 is 15.0 Å². The Morgan fingerprint density at radius 2 is 2.04 bits per heavy atom. The minimum Gasteiger partial charge on any atom is -0.384 e. The molecule has 0 bridgehead atoms. The van der Waals surface area contributed by atoms with Gasteiger partial charge in [-0.3, -0.25) is 4.79 Å². The first kappa shape index (κ1) is 17.7. The first-order valence-electron chi connectivity index (χ1n) is 8.81. The molecule has 1 aromatic rings. The average molecular weight is 351 g/mol. The van der Waals surface area contributed by atoms with Crippen LogP contribution in [0.2, 0.25) is 0 Å². The standard InChI is InChI=1S/C19H26N2O2.ClH/c1-23-13-19(8-5-9-19)18(22)21-12-15-10-20-11-16(15)17(21)14-6-3-2-4-7-14;/h2-4,6-7,15-17,20H,5,8-13H2,1H3;1H/t15-,16-,17+;/m0./s1. The highest BCUT2D eigenvalue weighted by Crippen LogP contribution is 2.49. The van der Waals surface area contributed by atoms with Crippen LogP contribution in [0.4, 0.5) is 0 Å². The van der Waals surface area contributed by atoms with Crippen LogP contribution in [-0.2, 0) is 9.53 Å². The van der Waals surface area contributed by atoms with Crippen molar-refractivity contribution in [3.8, 4) is 0 Å². The van der Waals surface area contributed by atoms with Gasteiger partial charge in [0, 0.05) is 32.7 Å². The van der Waals surface area contributed by atoms with Crippen LogP contribution in [0.5, 0.6) is 0 Å². The van der Waals surface area contributed by atoms with Crippen molar-refractivity contribution in [2.45, 2.75) is 25.3 Å². The maximum absolute atomic E-state index is 13.4. The summed E-state index contributed by atoms with van der Waals surface area (Å²) in [4.78, 5) is 15.6. The van der Waals surface area contributed by atoms with Gasteiger partial charge in [0.05, 0.1) is 18.1 Å². The normalized spacial score (nSPS) is 30.4. The van der Waals surface area contributed by atoms with E-state index in [0.717, 1.165) is 38.9 Å². The monoisotopic (exact) mass is 350 g/mol. The largest absolute Gasteiger partial charge is 0.384 e. The lowest BCUT2D eigenvalue weighted by atomic mass is 9.68. The van der Waals surface area contributed by atoms with E-state index in [-0.39, 0.29) is 23.9 Å². The molecule has 1 aromatic carbocycles. The zero-order chi connectivity index (χ0) is 15.9. The van der Waals surface area contributed by atoms with Crippen molar-refractivity contribution in [1.82, 2.24) is 10.2 Å². The van der Waals surface area contributed by atoms with Crippen LogP contribution in [0, 0.1) is 17.3 Å². The van der Waals surface area contributed by atoms with E-state index in [0.29, 0.717) is 24.3 Å². The number of benzene rings is 1. The molecule has 0 aromatic heterocycles. The van der Waals surface area contributed by atoms with Gasteiger partial charge in [-0.1, -0.05) is 36.8 Å². The van der Waals surface area contributed by atoms with Crippen molar-refractivity contribution in [3.63, 3.8) is 0 Å². The molecule has 1 amide bonds. The van der Waals surface area contributed by atoms with Gasteiger partial charge in [-0.15, -0.1) is 12.4 Å². The SMILES string of the molecule is COCC1(C(=O)N2C[C@@H]3CNC[C@@H]3[C@H]2c2ccccc2)CCC1.Cl. The molecule has 0 unspecified atom stereocenters. The summed E-state index contributed by atoms with van der Waals surface area (Å²) in [6.45, 7) is 3.51. The lowest BCUT2D eigenvalue weighted by Gasteiger charge is -2.44. The number of ether oxygens (including phenoxy) is 1. The highest BCUT2D eigenvalue weighted by molar-refractivity contribution is 5.85. The zero-order valence-electron chi connectivity index (χ0n) is 14.2. The van der Waals surface area contributed by atoms with Crippen LogP contribution in [0.25, 0.3) is 0 Å². The zero-order valence-corrected chi connectivity index (χ0v) is 15.1. The number of hydrogen-bond donors (Lipinski definition) is 1. The number of amides is 1. The molecule has 1 saturated carbocycles. The minimum atomic E-state index is -0.256. The molecule has 4 rings (SSSR count). The molecule has 132 valence electrons. The summed E-state index contributed by atoms with van der Waals surface area (Å²) in [6.07, 6.45) is 3.10. The maximum Gasteiger partial charge on any atom is 0.231 e. The number of rotatable bonds is 4. The van der Waals surface area contributed by atoms with E-state index in [1.807, 2.05) is 6.07 Å². The fourth-order valence-electron chi connectivity index (χ4n) is 4.81. The Hall–Kier alpha value is -1.10. The molecular formula is C19H27ClN2O2. The Morgan fingerprint density at radius 1 is 1.29 bits per heavy atom. The van der Waals surface area contributed by atoms with Gasteiger partial charge in [0.2, 0.25) is 5.91 Å². The highest BCUT2D eigenvalue weighted by atomic mass is 35.5. The fourth-order valence-corrected chi connectivity index (χ4v) is 4.81. The van der Waals surface area contributed by atoms with Crippen molar-refractivity contribution in [1.29, 1.82) is 0 Å². The molecule has 0 radical (unpaired) electrons. The van der Waals surface area contributed by atoms with E-state index in [2.05, 4.69) is 34.5 Å². The van der Waals surface area contributed by atoms with E-state index < -0.39 is 0 Å². The first-order chi connectivity index (χ1) is 11.2. The molecule has 3 aliphatic rings. The molecule has 1 aliphatic carbocycles. The highest BCUT2D eigenvalue weighted by Gasteiger charge is 2.53. The second-order valence-electron chi connectivity index (χ2n) is 7.46. The third kappa shape index (κ3) is 2.75. The summed E-state index contributed by atoms with van der Waals surface area (Å²) >= 11 is 0. The Balaban J connectivity index is 0.00000169. The first-order valence-corrected chi connectivity index (χ1v) is 8.81. The van der Waals surface area contributed by atoms with Gasteiger partial charge in [0.1, 0.15) is 0 Å². The smallest absolute Gasteiger partial charge is 0.231 e. The summed E-state index contributed by atoms with van der Waals surface area (Å²) in [5.41, 5.74) is 1.03. The number of fused-ring (bicyclic) bond motifs is 1. The molecule has 1 N–H and O–H groups in total. The van der Waals surface area contributed by atoms with Crippen molar-refractivity contribution in [3.05, 3.63) is 35.9 Å². The van der Waals surface area contributed by atoms with E-state index in [9.17, 15) is 4.79 Å². The molecule has 2 aliphatic heterocycles. The van der Waals surface area contributed by atoms with Crippen LogP contribution < -0.4 is 5.32 Å². The Kier molecular flexibility index (Phi) is 5.19. The molecule has 2 saturated heterocycles. The maximum atomic E-state index is 13.4. The number of methoxy groups -OCH3 is 1. The summed E-state index contributed by atoms with van der Waals surface area (Å²) in [5.74, 6) is 1.46. The van der Waals surface area contributed by atoms with Crippen molar-refractivity contribution >= 4 is 18.3 Å². The molecule has 24 heavy (non-hydrogen) atoms. The number of likely N-dealkylation sites (tertiary alicyclic amines) is 1. The van der Waals surface area contributed by atoms with Crippen LogP contribution in [0.15, 0.2) is 30.3 Å². The lowest BCUT2D eigenvalue weighted by molar-refractivity contribution is -0.153. The molecule has 2 heterocycles. The van der Waals surface area contributed by atoms with Crippen molar-refractivity contribution in [2.24, 2.45) is 17.3 Å². The van der Waals surface area contributed by atoms with Crippen LogP contribution in [-0.4, -0.2) is 44.2 Å². The van der Waals surface area contributed by atoms with E-state index in [4.69, 9.17) is 4.74 Å². The van der Waals surface area contributed by atoms with Crippen LogP contribution in [0.1, 0.15) is 30.9 Å². The number of carbonyl (C=O) groups is 1. The van der Waals surface area contributed by atoms with Gasteiger partial charge in [-0.2, -0.15) is 0 Å². The third-order valence-electron chi connectivity index (χ3n) is 6.15.